The van der Waals surface area contributed by atoms with Crippen molar-refractivity contribution >= 4 is 5.97 Å². The number of hydrogen-bond acceptors (Lipinski definition) is 2. The van der Waals surface area contributed by atoms with E-state index in [1.165, 1.54) is 17.2 Å². The van der Waals surface area contributed by atoms with Crippen LogP contribution in [0.15, 0.2) is 23.3 Å². The van der Waals surface area contributed by atoms with Gasteiger partial charge in [-0.1, -0.05) is 25.5 Å². The molecule has 2 heteroatoms. The van der Waals surface area contributed by atoms with Crippen LogP contribution in [0.1, 0.15) is 40.5 Å². The summed E-state index contributed by atoms with van der Waals surface area (Å²) < 4.78 is 4.84. The van der Waals surface area contributed by atoms with Crippen LogP contribution >= 0.6 is 0 Å². The number of hydrogen-bond donors (Lipinski definition) is 0. The monoisotopic (exact) mass is 208 g/mol. The fraction of sp³-hybridized carbons (Fsp3) is 0.615. The number of carbonyl (C=O) groups excluding carboxylic acids is 1. The average Bonchev–Trinajstić information content (AvgIpc) is 2.36. The van der Waals surface area contributed by atoms with E-state index < -0.39 is 0 Å². The number of rotatable bonds is 3. The van der Waals surface area contributed by atoms with E-state index in [1.54, 1.807) is 0 Å². The quantitative estimate of drug-likeness (QED) is 0.525. The largest absolute Gasteiger partial charge is 0.463 e. The van der Waals surface area contributed by atoms with Crippen LogP contribution in [0.4, 0.5) is 0 Å². The molecular formula is C13H20O2. The molecule has 0 saturated carbocycles. The van der Waals surface area contributed by atoms with E-state index in [4.69, 9.17) is 4.74 Å². The lowest BCUT2D eigenvalue weighted by molar-refractivity contribution is -0.137. The Morgan fingerprint density at radius 3 is 2.60 bits per heavy atom. The van der Waals surface area contributed by atoms with Gasteiger partial charge in [-0.2, -0.15) is 0 Å². The predicted octanol–water partition coefficient (Wildman–Crippen LogP) is 3.24. The predicted molar refractivity (Wildman–Crippen MR) is 61.5 cm³/mol. The summed E-state index contributed by atoms with van der Waals surface area (Å²) in [4.78, 5) is 11.1. The Kier molecular flexibility index (Phi) is 3.72. The van der Waals surface area contributed by atoms with Crippen molar-refractivity contribution in [1.82, 2.24) is 0 Å². The summed E-state index contributed by atoms with van der Waals surface area (Å²) in [5.41, 5.74) is 3.02. The van der Waals surface area contributed by atoms with Crippen molar-refractivity contribution in [2.45, 2.75) is 40.5 Å². The minimum absolute atomic E-state index is 0.248. The van der Waals surface area contributed by atoms with E-state index in [0.29, 0.717) is 12.0 Å². The van der Waals surface area contributed by atoms with E-state index in [2.05, 4.69) is 20.8 Å². The lowest BCUT2D eigenvalue weighted by Gasteiger charge is -2.16. The molecule has 0 atom stereocenters. The molecule has 0 aromatic heterocycles. The summed E-state index contributed by atoms with van der Waals surface area (Å²) in [5, 5.41) is 0. The van der Waals surface area contributed by atoms with E-state index in [1.807, 2.05) is 13.0 Å². The molecule has 84 valence electrons. The molecule has 0 aromatic rings. The zero-order chi connectivity index (χ0) is 11.5. The first-order valence-corrected chi connectivity index (χ1v) is 5.48. The third-order valence-electron chi connectivity index (χ3n) is 2.67. The highest BCUT2D eigenvalue weighted by molar-refractivity contribution is 5.82. The van der Waals surface area contributed by atoms with Crippen LogP contribution in [0, 0.1) is 5.41 Å². The number of esters is 1. The van der Waals surface area contributed by atoms with Gasteiger partial charge < -0.3 is 4.74 Å². The lowest BCUT2D eigenvalue weighted by atomic mass is 9.89. The molecule has 0 fully saturated rings. The Morgan fingerprint density at radius 2 is 2.13 bits per heavy atom. The van der Waals surface area contributed by atoms with E-state index in [0.717, 1.165) is 12.8 Å². The molecule has 0 heterocycles. The third-order valence-corrected chi connectivity index (χ3v) is 2.67. The molecule has 1 aliphatic rings. The van der Waals surface area contributed by atoms with Crippen LogP contribution < -0.4 is 0 Å². The summed E-state index contributed by atoms with van der Waals surface area (Å²) in [6, 6.07) is 0. The second kappa shape index (κ2) is 4.65. The summed E-state index contributed by atoms with van der Waals surface area (Å²) >= 11 is 0. The standard InChI is InChI=1S/C13H20O2/c1-5-15-12(14)7-6-11-9-13(3,4)8-10(11)2/h6-7H,5,8-9H2,1-4H3/b7-6+. The van der Waals surface area contributed by atoms with Gasteiger partial charge in [0.05, 0.1) is 6.61 Å². The molecule has 0 bridgehead atoms. The molecule has 0 N–H and O–H groups in total. The zero-order valence-electron chi connectivity index (χ0n) is 10.1. The summed E-state index contributed by atoms with van der Waals surface area (Å²) in [7, 11) is 0. The Balaban J connectivity index is 2.60. The van der Waals surface area contributed by atoms with E-state index in [-0.39, 0.29) is 5.97 Å². The highest BCUT2D eigenvalue weighted by Gasteiger charge is 2.26. The first-order chi connectivity index (χ1) is 6.94. The number of ether oxygens (including phenoxy) is 1. The highest BCUT2D eigenvalue weighted by atomic mass is 16.5. The second-order valence-corrected chi connectivity index (χ2v) is 4.91. The maximum atomic E-state index is 11.1. The van der Waals surface area contributed by atoms with E-state index in [9.17, 15) is 4.79 Å². The van der Waals surface area contributed by atoms with Crippen LogP contribution in [0.2, 0.25) is 0 Å². The van der Waals surface area contributed by atoms with Gasteiger partial charge >= 0.3 is 5.97 Å². The Hall–Kier alpha value is -1.05. The van der Waals surface area contributed by atoms with Gasteiger partial charge in [0.1, 0.15) is 0 Å². The highest BCUT2D eigenvalue weighted by Crippen LogP contribution is 2.41. The first-order valence-electron chi connectivity index (χ1n) is 5.48. The summed E-state index contributed by atoms with van der Waals surface area (Å²) in [6.45, 7) is 8.89. The summed E-state index contributed by atoms with van der Waals surface area (Å²) in [5.74, 6) is -0.248. The molecule has 0 saturated heterocycles. The topological polar surface area (TPSA) is 26.3 Å². The van der Waals surface area contributed by atoms with Crippen LogP contribution in [0.25, 0.3) is 0 Å². The van der Waals surface area contributed by atoms with Gasteiger partial charge in [-0.05, 0) is 37.7 Å². The minimum Gasteiger partial charge on any atom is -0.463 e. The maximum Gasteiger partial charge on any atom is 0.330 e. The Morgan fingerprint density at radius 1 is 1.47 bits per heavy atom. The van der Waals surface area contributed by atoms with Crippen molar-refractivity contribution in [2.24, 2.45) is 5.41 Å². The van der Waals surface area contributed by atoms with Crippen molar-refractivity contribution in [3.05, 3.63) is 23.3 Å². The molecule has 0 aliphatic heterocycles. The van der Waals surface area contributed by atoms with Crippen molar-refractivity contribution in [1.29, 1.82) is 0 Å². The fourth-order valence-electron chi connectivity index (χ4n) is 2.12. The molecule has 2 nitrogen and oxygen atoms in total. The molecule has 1 aliphatic carbocycles. The van der Waals surface area contributed by atoms with Crippen molar-refractivity contribution in [3.8, 4) is 0 Å². The lowest BCUT2D eigenvalue weighted by Crippen LogP contribution is -2.05. The van der Waals surface area contributed by atoms with Gasteiger partial charge in [0.25, 0.3) is 0 Å². The van der Waals surface area contributed by atoms with Gasteiger partial charge in [-0.25, -0.2) is 4.79 Å². The first kappa shape index (κ1) is 12.0. The van der Waals surface area contributed by atoms with Crippen molar-refractivity contribution in [3.63, 3.8) is 0 Å². The van der Waals surface area contributed by atoms with Crippen LogP contribution in [0.5, 0.6) is 0 Å². The van der Waals surface area contributed by atoms with Crippen molar-refractivity contribution in [2.75, 3.05) is 6.61 Å². The second-order valence-electron chi connectivity index (χ2n) is 4.91. The smallest absolute Gasteiger partial charge is 0.330 e. The molecule has 0 aromatic carbocycles. The van der Waals surface area contributed by atoms with Crippen LogP contribution in [-0.4, -0.2) is 12.6 Å². The number of carbonyl (C=O) groups is 1. The van der Waals surface area contributed by atoms with Gasteiger partial charge in [-0.3, -0.25) is 0 Å². The number of allylic oxidation sites excluding steroid dienone is 3. The summed E-state index contributed by atoms with van der Waals surface area (Å²) in [6.07, 6.45) is 5.61. The van der Waals surface area contributed by atoms with Gasteiger partial charge in [0, 0.05) is 6.08 Å². The molecular weight excluding hydrogens is 188 g/mol. The van der Waals surface area contributed by atoms with Gasteiger partial charge in [0.2, 0.25) is 0 Å². The average molecular weight is 208 g/mol. The normalized spacial score (nSPS) is 20.0. The molecule has 15 heavy (non-hydrogen) atoms. The SMILES string of the molecule is CCOC(=O)/C=C/C1=C(C)CC(C)(C)C1. The minimum atomic E-state index is -0.248. The van der Waals surface area contributed by atoms with Gasteiger partial charge in [-0.15, -0.1) is 0 Å². The Labute approximate surface area is 92.0 Å². The van der Waals surface area contributed by atoms with Crippen LogP contribution in [0.3, 0.4) is 0 Å². The maximum absolute atomic E-state index is 11.1. The molecule has 0 radical (unpaired) electrons. The fourth-order valence-corrected chi connectivity index (χ4v) is 2.12. The molecule has 1 rings (SSSR count). The van der Waals surface area contributed by atoms with Gasteiger partial charge in [0.15, 0.2) is 0 Å². The molecule has 0 unspecified atom stereocenters. The molecule has 0 spiro atoms. The van der Waals surface area contributed by atoms with E-state index >= 15 is 0 Å². The molecule has 0 amide bonds. The third kappa shape index (κ3) is 3.54. The Bertz CT molecular complexity index is 308. The van der Waals surface area contributed by atoms with Crippen LogP contribution in [-0.2, 0) is 9.53 Å². The zero-order valence-corrected chi connectivity index (χ0v) is 10.1. The van der Waals surface area contributed by atoms with Crippen molar-refractivity contribution < 1.29 is 9.53 Å².